The Kier molecular flexibility index (Phi) is 4.08. The average Bonchev–Trinajstić information content (AvgIpc) is 2.19. The lowest BCUT2D eigenvalue weighted by atomic mass is 10.1. The predicted octanol–water partition coefficient (Wildman–Crippen LogP) is 0.653. The van der Waals surface area contributed by atoms with Crippen molar-refractivity contribution in [1.82, 2.24) is 10.6 Å². The second-order valence-electron chi connectivity index (χ2n) is 5.05. The number of alkyl halides is 1. The Labute approximate surface area is 107 Å². The average molecular weight is 285 g/mol. The van der Waals surface area contributed by atoms with Crippen molar-refractivity contribution < 1.29 is 8.42 Å². The molecular formula is C9H17ClN2O2S2. The Morgan fingerprint density at radius 1 is 1.38 bits per heavy atom. The number of halogens is 1. The summed E-state index contributed by atoms with van der Waals surface area (Å²) in [4.78, 5) is 0. The highest BCUT2D eigenvalue weighted by Crippen LogP contribution is 2.17. The Morgan fingerprint density at radius 2 is 1.94 bits per heavy atom. The van der Waals surface area contributed by atoms with Crippen LogP contribution >= 0.6 is 23.8 Å². The molecule has 1 fully saturated rings. The molecular weight excluding hydrogens is 268 g/mol. The van der Waals surface area contributed by atoms with Gasteiger partial charge in [-0.3, -0.25) is 0 Å². The molecule has 1 aliphatic rings. The summed E-state index contributed by atoms with van der Waals surface area (Å²) in [5, 5.41) is 6.04. The topological polar surface area (TPSA) is 58.2 Å². The monoisotopic (exact) mass is 284 g/mol. The Bertz CT molecular complexity index is 375. The zero-order valence-electron chi connectivity index (χ0n) is 9.58. The fourth-order valence-electron chi connectivity index (χ4n) is 1.48. The summed E-state index contributed by atoms with van der Waals surface area (Å²) in [7, 11) is -3.02. The van der Waals surface area contributed by atoms with Crippen molar-refractivity contribution in [2.24, 2.45) is 0 Å². The van der Waals surface area contributed by atoms with Crippen LogP contribution in [0.1, 0.15) is 20.8 Å². The summed E-state index contributed by atoms with van der Waals surface area (Å²) >= 11 is 11.0. The molecule has 0 bridgehead atoms. The lowest BCUT2D eigenvalue weighted by molar-refractivity contribution is 0.501. The predicted molar refractivity (Wildman–Crippen MR) is 70.7 cm³/mol. The van der Waals surface area contributed by atoms with Crippen LogP contribution in [0.25, 0.3) is 0 Å². The zero-order chi connectivity index (χ0) is 12.6. The first-order valence-electron chi connectivity index (χ1n) is 5.02. The quantitative estimate of drug-likeness (QED) is 0.547. The first-order chi connectivity index (χ1) is 7.09. The first kappa shape index (κ1) is 14.0. The SMILES string of the molecule is CC(C)(C)NC(=S)NC1CS(=O)(=O)CC1Cl. The van der Waals surface area contributed by atoms with E-state index in [0.29, 0.717) is 5.11 Å². The molecule has 2 N–H and O–H groups in total. The number of sulfone groups is 1. The minimum atomic E-state index is -3.02. The molecule has 1 saturated heterocycles. The van der Waals surface area contributed by atoms with Crippen LogP contribution in [-0.4, -0.2) is 42.0 Å². The molecule has 1 aliphatic heterocycles. The van der Waals surface area contributed by atoms with Crippen LogP contribution in [0, 0.1) is 0 Å². The minimum Gasteiger partial charge on any atom is -0.358 e. The van der Waals surface area contributed by atoms with Crippen molar-refractivity contribution in [2.45, 2.75) is 37.7 Å². The van der Waals surface area contributed by atoms with Gasteiger partial charge in [-0.15, -0.1) is 11.6 Å². The highest BCUT2D eigenvalue weighted by Gasteiger charge is 2.36. The van der Waals surface area contributed by atoms with Gasteiger partial charge in [-0.1, -0.05) is 0 Å². The summed E-state index contributed by atoms with van der Waals surface area (Å²) in [6, 6.07) is -0.297. The number of nitrogens with one attached hydrogen (secondary N) is 2. The first-order valence-corrected chi connectivity index (χ1v) is 7.69. The second-order valence-corrected chi connectivity index (χ2v) is 8.17. The molecule has 1 heterocycles. The van der Waals surface area contributed by atoms with Crippen molar-refractivity contribution in [3.8, 4) is 0 Å². The molecule has 2 unspecified atom stereocenters. The van der Waals surface area contributed by atoms with Gasteiger partial charge in [-0.25, -0.2) is 8.42 Å². The Morgan fingerprint density at radius 3 is 2.31 bits per heavy atom. The highest BCUT2D eigenvalue weighted by atomic mass is 35.5. The van der Waals surface area contributed by atoms with Gasteiger partial charge < -0.3 is 10.6 Å². The number of hydrogen-bond acceptors (Lipinski definition) is 3. The summed E-state index contributed by atoms with van der Waals surface area (Å²) in [5.41, 5.74) is -0.149. The molecule has 0 amide bonds. The molecule has 2 atom stereocenters. The van der Waals surface area contributed by atoms with Crippen LogP contribution in [0.4, 0.5) is 0 Å². The van der Waals surface area contributed by atoms with Crippen LogP contribution in [0.15, 0.2) is 0 Å². The van der Waals surface area contributed by atoms with Crippen molar-refractivity contribution in [1.29, 1.82) is 0 Å². The Hall–Kier alpha value is -0.0700. The molecule has 0 aromatic carbocycles. The third-order valence-corrected chi connectivity index (χ3v) is 4.68. The highest BCUT2D eigenvalue weighted by molar-refractivity contribution is 7.91. The van der Waals surface area contributed by atoms with Crippen LogP contribution in [-0.2, 0) is 9.84 Å². The van der Waals surface area contributed by atoms with Crippen molar-refractivity contribution >= 4 is 38.8 Å². The fourth-order valence-corrected chi connectivity index (χ4v) is 4.49. The normalized spacial score (nSPS) is 28.8. The molecule has 4 nitrogen and oxygen atoms in total. The molecule has 0 spiro atoms. The molecule has 7 heteroatoms. The largest absolute Gasteiger partial charge is 0.358 e. The summed E-state index contributed by atoms with van der Waals surface area (Å²) < 4.78 is 22.7. The standard InChI is InChI=1S/C9H17ClN2O2S2/c1-9(2,3)12-8(15)11-7-5-16(13,14)4-6(7)10/h6-7H,4-5H2,1-3H3,(H2,11,12,15). The number of rotatable bonds is 1. The maximum absolute atomic E-state index is 11.3. The van der Waals surface area contributed by atoms with E-state index in [-0.39, 0.29) is 23.1 Å². The van der Waals surface area contributed by atoms with Gasteiger partial charge in [0, 0.05) is 5.54 Å². The second kappa shape index (κ2) is 4.66. The zero-order valence-corrected chi connectivity index (χ0v) is 12.0. The van der Waals surface area contributed by atoms with Gasteiger partial charge in [0.1, 0.15) is 0 Å². The molecule has 16 heavy (non-hydrogen) atoms. The molecule has 0 aromatic rings. The van der Waals surface area contributed by atoms with Crippen LogP contribution in [0.5, 0.6) is 0 Å². The van der Waals surface area contributed by atoms with E-state index in [2.05, 4.69) is 10.6 Å². The van der Waals surface area contributed by atoms with Crippen molar-refractivity contribution in [3.05, 3.63) is 0 Å². The van der Waals surface area contributed by atoms with E-state index in [1.165, 1.54) is 0 Å². The van der Waals surface area contributed by atoms with Gasteiger partial charge in [0.15, 0.2) is 14.9 Å². The molecule has 0 saturated carbocycles. The van der Waals surface area contributed by atoms with E-state index in [0.717, 1.165) is 0 Å². The van der Waals surface area contributed by atoms with Crippen LogP contribution in [0.3, 0.4) is 0 Å². The third kappa shape index (κ3) is 4.43. The van der Waals surface area contributed by atoms with Gasteiger partial charge in [-0.2, -0.15) is 0 Å². The summed E-state index contributed by atoms with van der Waals surface area (Å²) in [5.74, 6) is 0.0669. The number of hydrogen-bond donors (Lipinski definition) is 2. The van der Waals surface area contributed by atoms with E-state index in [1.54, 1.807) is 0 Å². The van der Waals surface area contributed by atoms with Gasteiger partial charge in [-0.05, 0) is 33.0 Å². The third-order valence-electron chi connectivity index (χ3n) is 2.09. The molecule has 1 rings (SSSR count). The minimum absolute atomic E-state index is 0.0182. The molecule has 94 valence electrons. The van der Waals surface area contributed by atoms with Gasteiger partial charge in [0.25, 0.3) is 0 Å². The van der Waals surface area contributed by atoms with Crippen LogP contribution < -0.4 is 10.6 Å². The van der Waals surface area contributed by atoms with E-state index in [9.17, 15) is 8.42 Å². The van der Waals surface area contributed by atoms with Gasteiger partial charge in [0.05, 0.1) is 22.9 Å². The fraction of sp³-hybridized carbons (Fsp3) is 0.889. The lowest BCUT2D eigenvalue weighted by Crippen LogP contribution is -2.51. The lowest BCUT2D eigenvalue weighted by Gasteiger charge is -2.25. The summed E-state index contributed by atoms with van der Waals surface area (Å²) in [6.07, 6.45) is 0. The Balaban J connectivity index is 2.53. The summed E-state index contributed by atoms with van der Waals surface area (Å²) in [6.45, 7) is 5.93. The maximum atomic E-state index is 11.3. The molecule has 0 radical (unpaired) electrons. The smallest absolute Gasteiger partial charge is 0.166 e. The van der Waals surface area contributed by atoms with E-state index < -0.39 is 15.2 Å². The van der Waals surface area contributed by atoms with E-state index >= 15 is 0 Å². The van der Waals surface area contributed by atoms with Gasteiger partial charge >= 0.3 is 0 Å². The van der Waals surface area contributed by atoms with Crippen molar-refractivity contribution in [3.63, 3.8) is 0 Å². The van der Waals surface area contributed by atoms with E-state index in [4.69, 9.17) is 23.8 Å². The van der Waals surface area contributed by atoms with Crippen LogP contribution in [0.2, 0.25) is 0 Å². The number of thiocarbonyl (C=S) groups is 1. The van der Waals surface area contributed by atoms with E-state index in [1.807, 2.05) is 20.8 Å². The van der Waals surface area contributed by atoms with Crippen molar-refractivity contribution in [2.75, 3.05) is 11.5 Å². The molecule has 0 aliphatic carbocycles. The van der Waals surface area contributed by atoms with Gasteiger partial charge in [0.2, 0.25) is 0 Å². The molecule has 0 aromatic heterocycles. The maximum Gasteiger partial charge on any atom is 0.166 e.